The second kappa shape index (κ2) is 5.70. The number of fused-ring (bicyclic) bond motifs is 1. The molecule has 3 heterocycles. The number of ether oxygens (including phenoxy) is 1. The molecule has 2 aromatic heterocycles. The van der Waals surface area contributed by atoms with Crippen LogP contribution >= 0.6 is 22.7 Å². The van der Waals surface area contributed by atoms with Gasteiger partial charge < -0.3 is 9.84 Å². The Kier molecular flexibility index (Phi) is 3.99. The van der Waals surface area contributed by atoms with E-state index >= 15 is 0 Å². The Morgan fingerprint density at radius 3 is 3.17 bits per heavy atom. The summed E-state index contributed by atoms with van der Waals surface area (Å²) in [5.74, 6) is 0. The van der Waals surface area contributed by atoms with Crippen molar-refractivity contribution < 1.29 is 9.84 Å². The first-order valence-corrected chi connectivity index (χ1v) is 8.29. The number of hydrogen-bond acceptors (Lipinski definition) is 4. The average Bonchev–Trinajstić information content (AvgIpc) is 3.04. The van der Waals surface area contributed by atoms with Gasteiger partial charge in [0.1, 0.15) is 0 Å². The third-order valence-electron chi connectivity index (χ3n) is 3.51. The molecule has 0 radical (unpaired) electrons. The van der Waals surface area contributed by atoms with Crippen molar-refractivity contribution in [2.45, 2.75) is 44.3 Å². The fraction of sp³-hybridized carbons (Fsp3) is 0.571. The third kappa shape index (κ3) is 2.77. The van der Waals surface area contributed by atoms with Gasteiger partial charge in [-0.05, 0) is 49.6 Å². The molecule has 1 N–H and O–H groups in total. The maximum Gasteiger partial charge on any atom is 0.0882 e. The number of thiophene rings is 2. The lowest BCUT2D eigenvalue weighted by molar-refractivity contribution is 0.0949. The molecule has 1 saturated heterocycles. The molecule has 0 bridgehead atoms. The smallest absolute Gasteiger partial charge is 0.0882 e. The molecular formula is C14H18O2S2. The highest BCUT2D eigenvalue weighted by atomic mass is 32.1. The molecule has 1 aliphatic rings. The second-order valence-electron chi connectivity index (χ2n) is 4.88. The third-order valence-corrected chi connectivity index (χ3v) is 5.71. The molecule has 2 atom stereocenters. The van der Waals surface area contributed by atoms with E-state index in [-0.39, 0.29) is 6.10 Å². The van der Waals surface area contributed by atoms with Crippen molar-refractivity contribution in [3.63, 3.8) is 0 Å². The zero-order chi connectivity index (χ0) is 12.4. The van der Waals surface area contributed by atoms with Crippen LogP contribution in [0.1, 0.15) is 43.1 Å². The fourth-order valence-electron chi connectivity index (χ4n) is 2.50. The van der Waals surface area contributed by atoms with E-state index < -0.39 is 0 Å². The van der Waals surface area contributed by atoms with E-state index in [0.29, 0.717) is 6.10 Å². The molecule has 0 aromatic carbocycles. The Labute approximate surface area is 115 Å². The maximum atomic E-state index is 10.2. The van der Waals surface area contributed by atoms with Gasteiger partial charge in [-0.1, -0.05) is 0 Å². The lowest BCUT2D eigenvalue weighted by Crippen LogP contribution is -2.05. The molecule has 0 saturated carbocycles. The van der Waals surface area contributed by atoms with Crippen LogP contribution in [-0.4, -0.2) is 17.8 Å². The van der Waals surface area contributed by atoms with Crippen LogP contribution in [0.2, 0.25) is 0 Å². The molecule has 2 unspecified atom stereocenters. The van der Waals surface area contributed by atoms with Gasteiger partial charge in [-0.2, -0.15) is 0 Å². The first-order valence-electron chi connectivity index (χ1n) is 6.59. The summed E-state index contributed by atoms with van der Waals surface area (Å²) in [6.07, 6.45) is 5.56. The molecule has 0 aliphatic carbocycles. The topological polar surface area (TPSA) is 29.5 Å². The molecule has 1 aliphatic heterocycles. The van der Waals surface area contributed by atoms with Gasteiger partial charge in [-0.15, -0.1) is 22.7 Å². The van der Waals surface area contributed by atoms with E-state index in [9.17, 15) is 5.11 Å². The fourth-order valence-corrected chi connectivity index (χ4v) is 4.64. The van der Waals surface area contributed by atoms with E-state index in [4.69, 9.17) is 4.74 Å². The first-order chi connectivity index (χ1) is 8.83. The molecule has 0 spiro atoms. The van der Waals surface area contributed by atoms with Gasteiger partial charge in [0.05, 0.1) is 12.2 Å². The minimum atomic E-state index is -0.295. The van der Waals surface area contributed by atoms with Gasteiger partial charge in [0, 0.05) is 20.9 Å². The molecule has 2 aromatic rings. The van der Waals surface area contributed by atoms with Crippen LogP contribution in [0.5, 0.6) is 0 Å². The van der Waals surface area contributed by atoms with Crippen LogP contribution in [0.3, 0.4) is 0 Å². The molecule has 98 valence electrons. The van der Waals surface area contributed by atoms with Crippen molar-refractivity contribution in [2.24, 2.45) is 0 Å². The van der Waals surface area contributed by atoms with Crippen LogP contribution in [0.15, 0.2) is 17.5 Å². The van der Waals surface area contributed by atoms with Gasteiger partial charge in [0.2, 0.25) is 0 Å². The summed E-state index contributed by atoms with van der Waals surface area (Å²) in [6.45, 7) is 0.925. The highest BCUT2D eigenvalue weighted by Gasteiger charge is 2.17. The van der Waals surface area contributed by atoms with Crippen LogP contribution in [-0.2, 0) is 4.74 Å². The Hall–Kier alpha value is -0.420. The average molecular weight is 282 g/mol. The number of aliphatic hydroxyl groups is 1. The zero-order valence-corrected chi connectivity index (χ0v) is 11.9. The van der Waals surface area contributed by atoms with Crippen LogP contribution in [0, 0.1) is 0 Å². The number of aliphatic hydroxyl groups excluding tert-OH is 1. The summed E-state index contributed by atoms with van der Waals surface area (Å²) >= 11 is 3.47. The van der Waals surface area contributed by atoms with Crippen LogP contribution in [0.25, 0.3) is 9.40 Å². The quantitative estimate of drug-likeness (QED) is 0.883. The standard InChI is InChI=1S/C14H18O2S2/c15-11(5-1-3-10-4-2-7-16-10)13-9-14-12(18-13)6-8-17-14/h6,8-11,15H,1-5,7H2. The highest BCUT2D eigenvalue weighted by Crippen LogP contribution is 2.35. The summed E-state index contributed by atoms with van der Waals surface area (Å²) in [7, 11) is 0. The van der Waals surface area contributed by atoms with Crippen molar-refractivity contribution >= 4 is 32.1 Å². The largest absolute Gasteiger partial charge is 0.388 e. The summed E-state index contributed by atoms with van der Waals surface area (Å²) in [6, 6.07) is 4.27. The number of rotatable bonds is 5. The highest BCUT2D eigenvalue weighted by molar-refractivity contribution is 7.26. The SMILES string of the molecule is OC(CCCC1CCCO1)c1cc2sccc2s1. The van der Waals surface area contributed by atoms with Gasteiger partial charge in [0.15, 0.2) is 0 Å². The predicted molar refractivity (Wildman–Crippen MR) is 77.5 cm³/mol. The van der Waals surface area contributed by atoms with Gasteiger partial charge in [-0.25, -0.2) is 0 Å². The van der Waals surface area contributed by atoms with Crippen LogP contribution < -0.4 is 0 Å². The van der Waals surface area contributed by atoms with E-state index in [0.717, 1.165) is 30.7 Å². The van der Waals surface area contributed by atoms with Crippen molar-refractivity contribution in [1.29, 1.82) is 0 Å². The van der Waals surface area contributed by atoms with Crippen LogP contribution in [0.4, 0.5) is 0 Å². The maximum absolute atomic E-state index is 10.2. The minimum Gasteiger partial charge on any atom is -0.388 e. The minimum absolute atomic E-state index is 0.295. The molecular weight excluding hydrogens is 264 g/mol. The Morgan fingerprint density at radius 1 is 1.44 bits per heavy atom. The van der Waals surface area contributed by atoms with E-state index in [1.165, 1.54) is 22.2 Å². The molecule has 2 nitrogen and oxygen atoms in total. The van der Waals surface area contributed by atoms with Gasteiger partial charge >= 0.3 is 0 Å². The molecule has 1 fully saturated rings. The van der Waals surface area contributed by atoms with Crippen molar-refractivity contribution in [1.82, 2.24) is 0 Å². The van der Waals surface area contributed by atoms with Crippen molar-refractivity contribution in [3.8, 4) is 0 Å². The van der Waals surface area contributed by atoms with Gasteiger partial charge in [-0.3, -0.25) is 0 Å². The Bertz CT molecular complexity index is 468. The van der Waals surface area contributed by atoms with Gasteiger partial charge in [0.25, 0.3) is 0 Å². The summed E-state index contributed by atoms with van der Waals surface area (Å²) in [4.78, 5) is 1.11. The monoisotopic (exact) mass is 282 g/mol. The van der Waals surface area contributed by atoms with E-state index in [2.05, 4.69) is 17.5 Å². The Morgan fingerprint density at radius 2 is 2.39 bits per heavy atom. The lowest BCUT2D eigenvalue weighted by atomic mass is 10.1. The van der Waals surface area contributed by atoms with E-state index in [1.54, 1.807) is 22.7 Å². The predicted octanol–water partition coefficient (Wildman–Crippen LogP) is 4.35. The van der Waals surface area contributed by atoms with Crippen molar-refractivity contribution in [3.05, 3.63) is 22.4 Å². The summed E-state index contributed by atoms with van der Waals surface area (Å²) in [5.41, 5.74) is 0. The summed E-state index contributed by atoms with van der Waals surface area (Å²) in [5, 5.41) is 12.3. The Balaban J connectivity index is 1.51. The number of hydrogen-bond donors (Lipinski definition) is 1. The zero-order valence-electron chi connectivity index (χ0n) is 10.3. The van der Waals surface area contributed by atoms with Crippen molar-refractivity contribution in [2.75, 3.05) is 6.61 Å². The lowest BCUT2D eigenvalue weighted by Gasteiger charge is -2.11. The molecule has 18 heavy (non-hydrogen) atoms. The second-order valence-corrected chi connectivity index (χ2v) is 6.94. The van der Waals surface area contributed by atoms with E-state index in [1.807, 2.05) is 0 Å². The molecule has 3 rings (SSSR count). The molecule has 0 amide bonds. The summed E-state index contributed by atoms with van der Waals surface area (Å²) < 4.78 is 8.20. The first kappa shape index (κ1) is 12.6. The normalized spacial score (nSPS) is 21.7. The molecule has 4 heteroatoms.